The zero-order valence-corrected chi connectivity index (χ0v) is 20.0. The number of carbonyl (C=O) groups is 2. The number of halogens is 1. The molecule has 1 unspecified atom stereocenters. The van der Waals surface area contributed by atoms with Gasteiger partial charge in [-0.15, -0.1) is 11.8 Å². The molecule has 1 atom stereocenters. The summed E-state index contributed by atoms with van der Waals surface area (Å²) in [4.78, 5) is 34.1. The van der Waals surface area contributed by atoms with Crippen molar-refractivity contribution >= 4 is 35.0 Å². The third kappa shape index (κ3) is 4.87. The van der Waals surface area contributed by atoms with Crippen LogP contribution in [0.5, 0.6) is 5.75 Å². The maximum atomic E-state index is 13.6. The van der Waals surface area contributed by atoms with Crippen molar-refractivity contribution in [1.29, 1.82) is 0 Å². The Labute approximate surface area is 206 Å². The van der Waals surface area contributed by atoms with Gasteiger partial charge in [-0.2, -0.15) is 0 Å². The molecule has 180 valence electrons. The first-order valence-electron chi connectivity index (χ1n) is 11.3. The summed E-state index contributed by atoms with van der Waals surface area (Å²) in [5.41, 5.74) is 3.52. The van der Waals surface area contributed by atoms with Gasteiger partial charge in [0, 0.05) is 19.3 Å². The molecule has 2 aromatic carbocycles. The molecule has 0 aliphatic carbocycles. The van der Waals surface area contributed by atoms with E-state index in [1.165, 1.54) is 30.1 Å². The quantitative estimate of drug-likeness (QED) is 0.489. The lowest BCUT2D eigenvalue weighted by atomic mass is 10.0. The number of carbonyl (C=O) groups excluding carboxylic acids is 2. The highest BCUT2D eigenvalue weighted by atomic mass is 32.2. The maximum Gasteiger partial charge on any atom is 0.343 e. The van der Waals surface area contributed by atoms with E-state index < -0.39 is 5.97 Å². The van der Waals surface area contributed by atoms with Crippen molar-refractivity contribution in [3.63, 3.8) is 0 Å². The molecule has 0 radical (unpaired) electrons. The van der Waals surface area contributed by atoms with E-state index >= 15 is 0 Å². The first kappa shape index (κ1) is 23.3. The van der Waals surface area contributed by atoms with Gasteiger partial charge < -0.3 is 14.4 Å². The molecule has 0 saturated carbocycles. The Morgan fingerprint density at radius 1 is 1.17 bits per heavy atom. The number of ether oxygens (including phenoxy) is 2. The summed E-state index contributed by atoms with van der Waals surface area (Å²) in [7, 11) is 0. The summed E-state index contributed by atoms with van der Waals surface area (Å²) >= 11 is 1.50. The fourth-order valence-corrected chi connectivity index (χ4v) is 5.51. The Kier molecular flexibility index (Phi) is 6.70. The largest absolute Gasteiger partial charge is 0.421 e. The zero-order valence-electron chi connectivity index (χ0n) is 19.1. The Balaban J connectivity index is 1.57. The molecule has 0 spiro atoms. The van der Waals surface area contributed by atoms with Gasteiger partial charge >= 0.3 is 5.97 Å². The fourth-order valence-electron chi connectivity index (χ4n) is 4.35. The van der Waals surface area contributed by atoms with Crippen LogP contribution in [0.15, 0.2) is 60.9 Å². The van der Waals surface area contributed by atoms with Gasteiger partial charge in [-0.25, -0.2) is 9.18 Å². The van der Waals surface area contributed by atoms with Gasteiger partial charge in [-0.1, -0.05) is 12.1 Å². The number of hydrogen-bond donors (Lipinski definition) is 0. The number of hydrogen-bond acceptors (Lipinski definition) is 7. The van der Waals surface area contributed by atoms with Crippen LogP contribution < -0.4 is 14.5 Å². The van der Waals surface area contributed by atoms with E-state index in [2.05, 4.69) is 9.88 Å². The molecular formula is C26H24FN3O4S. The second-order valence-electron chi connectivity index (χ2n) is 8.32. The minimum atomic E-state index is -0.501. The third-order valence-electron chi connectivity index (χ3n) is 5.98. The number of rotatable bonds is 5. The van der Waals surface area contributed by atoms with E-state index in [0.29, 0.717) is 43.4 Å². The van der Waals surface area contributed by atoms with Gasteiger partial charge in [-0.3, -0.25) is 14.7 Å². The summed E-state index contributed by atoms with van der Waals surface area (Å²) < 4.78 is 24.6. The monoisotopic (exact) mass is 493 g/mol. The zero-order chi connectivity index (χ0) is 24.4. The highest BCUT2D eigenvalue weighted by Gasteiger charge is 2.37. The molecule has 5 rings (SSSR count). The molecule has 9 heteroatoms. The van der Waals surface area contributed by atoms with Crippen molar-refractivity contribution < 1.29 is 23.5 Å². The summed E-state index contributed by atoms with van der Waals surface area (Å²) in [5, 5.41) is -0.296. The number of morpholine rings is 1. The molecular weight excluding hydrogens is 469 g/mol. The molecule has 0 bridgehead atoms. The predicted molar refractivity (Wildman–Crippen MR) is 132 cm³/mol. The summed E-state index contributed by atoms with van der Waals surface area (Å²) in [6.45, 7) is 4.24. The van der Waals surface area contributed by atoms with Gasteiger partial charge in [0.15, 0.2) is 0 Å². The molecule has 1 amide bonds. The normalized spacial score (nSPS) is 18.1. The van der Waals surface area contributed by atoms with Crippen LogP contribution in [0.2, 0.25) is 0 Å². The summed E-state index contributed by atoms with van der Waals surface area (Å²) in [5.74, 6) is -0.188. The van der Waals surface area contributed by atoms with Gasteiger partial charge in [0.05, 0.1) is 42.1 Å². The van der Waals surface area contributed by atoms with Gasteiger partial charge in [0.1, 0.15) is 16.9 Å². The van der Waals surface area contributed by atoms with E-state index in [-0.39, 0.29) is 17.1 Å². The van der Waals surface area contributed by atoms with E-state index in [9.17, 15) is 14.0 Å². The highest BCUT2D eigenvalue weighted by molar-refractivity contribution is 8.00. The average molecular weight is 494 g/mol. The van der Waals surface area contributed by atoms with Crippen molar-refractivity contribution in [2.75, 3.05) is 41.9 Å². The van der Waals surface area contributed by atoms with Crippen LogP contribution in [0.4, 0.5) is 15.8 Å². The fraction of sp³-hybridized carbons (Fsp3) is 0.269. The standard InChI is InChI=1S/C26H24FN3O4S/c1-17-13-19(26(32)34-21-3-2-8-28-15-21)14-22(29-9-11-33-12-10-29)24(17)30-23(31)16-35-25(30)18-4-6-20(27)7-5-18/h2-8,13-15,25H,9-12,16H2,1H3. The highest BCUT2D eigenvalue weighted by Crippen LogP contribution is 2.47. The maximum absolute atomic E-state index is 13.6. The van der Waals surface area contributed by atoms with Crippen molar-refractivity contribution in [2.45, 2.75) is 12.3 Å². The van der Waals surface area contributed by atoms with Crippen LogP contribution >= 0.6 is 11.8 Å². The Hall–Kier alpha value is -3.43. The topological polar surface area (TPSA) is 72.0 Å². The lowest BCUT2D eigenvalue weighted by molar-refractivity contribution is -0.115. The number of benzene rings is 2. The summed E-state index contributed by atoms with van der Waals surface area (Å²) in [6, 6.07) is 13.1. The number of aryl methyl sites for hydroxylation is 1. The first-order chi connectivity index (χ1) is 17.0. The molecule has 2 aliphatic heterocycles. The predicted octanol–water partition coefficient (Wildman–Crippen LogP) is 4.36. The minimum absolute atomic E-state index is 0.0346. The smallest absolute Gasteiger partial charge is 0.343 e. The molecule has 7 nitrogen and oxygen atoms in total. The second kappa shape index (κ2) is 10.1. The van der Waals surface area contributed by atoms with Crippen molar-refractivity contribution in [3.05, 3.63) is 83.4 Å². The minimum Gasteiger partial charge on any atom is -0.421 e. The second-order valence-corrected chi connectivity index (χ2v) is 9.39. The molecule has 35 heavy (non-hydrogen) atoms. The molecule has 2 fully saturated rings. The van der Waals surface area contributed by atoms with Crippen LogP contribution in [0, 0.1) is 12.7 Å². The average Bonchev–Trinajstić information content (AvgIpc) is 3.26. The number of nitrogens with zero attached hydrogens (tertiary/aromatic N) is 3. The number of pyridine rings is 1. The van der Waals surface area contributed by atoms with E-state index in [4.69, 9.17) is 9.47 Å². The summed E-state index contributed by atoms with van der Waals surface area (Å²) in [6.07, 6.45) is 3.09. The molecule has 0 N–H and O–H groups in total. The number of aromatic nitrogens is 1. The Morgan fingerprint density at radius 3 is 2.66 bits per heavy atom. The molecule has 2 aliphatic rings. The molecule has 2 saturated heterocycles. The van der Waals surface area contributed by atoms with E-state index in [1.54, 1.807) is 47.5 Å². The van der Waals surface area contributed by atoms with Gasteiger partial charge in [-0.05, 0) is 54.4 Å². The van der Waals surface area contributed by atoms with E-state index in [0.717, 1.165) is 22.5 Å². The SMILES string of the molecule is Cc1cc(C(=O)Oc2cccnc2)cc(N2CCOCC2)c1N1C(=O)CSC1c1ccc(F)cc1. The van der Waals surface area contributed by atoms with Gasteiger partial charge in [0.25, 0.3) is 0 Å². The van der Waals surface area contributed by atoms with Crippen LogP contribution in [0.25, 0.3) is 0 Å². The van der Waals surface area contributed by atoms with Crippen molar-refractivity contribution in [2.24, 2.45) is 0 Å². The molecule has 3 aromatic rings. The van der Waals surface area contributed by atoms with Crippen LogP contribution in [-0.4, -0.2) is 48.9 Å². The first-order valence-corrected chi connectivity index (χ1v) is 12.3. The Bertz CT molecular complexity index is 1230. The Morgan fingerprint density at radius 2 is 1.94 bits per heavy atom. The van der Waals surface area contributed by atoms with Crippen molar-refractivity contribution in [1.82, 2.24) is 4.98 Å². The van der Waals surface area contributed by atoms with Crippen LogP contribution in [-0.2, 0) is 9.53 Å². The molecule has 3 heterocycles. The number of esters is 1. The third-order valence-corrected chi connectivity index (χ3v) is 7.19. The lowest BCUT2D eigenvalue weighted by Crippen LogP contribution is -2.38. The van der Waals surface area contributed by atoms with Gasteiger partial charge in [0.2, 0.25) is 5.91 Å². The van der Waals surface area contributed by atoms with Crippen LogP contribution in [0.3, 0.4) is 0 Å². The lowest BCUT2D eigenvalue weighted by Gasteiger charge is -2.35. The molecule has 1 aromatic heterocycles. The van der Waals surface area contributed by atoms with Crippen molar-refractivity contribution in [3.8, 4) is 5.75 Å². The van der Waals surface area contributed by atoms with E-state index in [1.807, 2.05) is 6.92 Å². The number of thioether (sulfide) groups is 1. The van der Waals surface area contributed by atoms with Crippen LogP contribution in [0.1, 0.15) is 26.9 Å². The number of anilines is 2. The number of amides is 1.